The lowest BCUT2D eigenvalue weighted by atomic mass is 10.1. The Morgan fingerprint density at radius 1 is 1.16 bits per heavy atom. The Labute approximate surface area is 148 Å². The lowest BCUT2D eigenvalue weighted by molar-refractivity contribution is -0.141. The fourth-order valence-electron chi connectivity index (χ4n) is 2.07. The number of carbonyl (C=O) groups is 1. The standard InChI is InChI=1S/C16H14ClF2NO4S/c1-24-16(21)9-15(10-2-4-11(17)5-3-10)20-25(22,23)12-6-7-13(18)14(19)8-12/h2-8,15,20H,9H2,1H3/t15-/m1/s1. The molecule has 0 radical (unpaired) electrons. The van der Waals surface area contributed by atoms with Gasteiger partial charge in [0.1, 0.15) is 0 Å². The molecule has 9 heteroatoms. The zero-order valence-corrected chi connectivity index (χ0v) is 14.6. The third-order valence-electron chi connectivity index (χ3n) is 3.37. The van der Waals surface area contributed by atoms with Crippen LogP contribution in [0.2, 0.25) is 5.02 Å². The average Bonchev–Trinajstić information content (AvgIpc) is 2.57. The van der Waals surface area contributed by atoms with Gasteiger partial charge in [-0.25, -0.2) is 21.9 Å². The maximum atomic E-state index is 13.3. The summed E-state index contributed by atoms with van der Waals surface area (Å²) in [6.45, 7) is 0. The van der Waals surface area contributed by atoms with E-state index in [-0.39, 0.29) is 6.42 Å². The Kier molecular flexibility index (Phi) is 6.10. The van der Waals surface area contributed by atoms with Crippen LogP contribution in [-0.2, 0) is 19.6 Å². The van der Waals surface area contributed by atoms with Gasteiger partial charge in [-0.15, -0.1) is 0 Å². The number of halogens is 3. The normalized spacial score (nSPS) is 12.6. The van der Waals surface area contributed by atoms with Crippen LogP contribution in [0.15, 0.2) is 47.4 Å². The van der Waals surface area contributed by atoms with E-state index in [9.17, 15) is 22.0 Å². The lowest BCUT2D eigenvalue weighted by Crippen LogP contribution is -2.30. The molecule has 2 aromatic carbocycles. The van der Waals surface area contributed by atoms with E-state index in [0.29, 0.717) is 22.7 Å². The highest BCUT2D eigenvalue weighted by Crippen LogP contribution is 2.23. The van der Waals surface area contributed by atoms with Gasteiger partial charge in [0, 0.05) is 5.02 Å². The first-order chi connectivity index (χ1) is 11.7. The van der Waals surface area contributed by atoms with Crippen LogP contribution in [0.4, 0.5) is 8.78 Å². The number of hydrogen-bond donors (Lipinski definition) is 1. The molecule has 2 aromatic rings. The third kappa shape index (κ3) is 4.97. The van der Waals surface area contributed by atoms with E-state index in [2.05, 4.69) is 9.46 Å². The van der Waals surface area contributed by atoms with Crippen molar-refractivity contribution < 1.29 is 26.7 Å². The van der Waals surface area contributed by atoms with Crippen molar-refractivity contribution in [3.05, 3.63) is 64.7 Å². The molecule has 0 saturated heterocycles. The van der Waals surface area contributed by atoms with E-state index < -0.39 is 38.6 Å². The maximum Gasteiger partial charge on any atom is 0.307 e. The highest BCUT2D eigenvalue weighted by atomic mass is 35.5. The summed E-state index contributed by atoms with van der Waals surface area (Å²) in [4.78, 5) is 11.1. The molecule has 0 unspecified atom stereocenters. The van der Waals surface area contributed by atoms with Crippen molar-refractivity contribution >= 4 is 27.6 Å². The molecule has 2 rings (SSSR count). The molecule has 1 N–H and O–H groups in total. The van der Waals surface area contributed by atoms with Gasteiger partial charge in [-0.1, -0.05) is 23.7 Å². The fraction of sp³-hybridized carbons (Fsp3) is 0.188. The monoisotopic (exact) mass is 389 g/mol. The Balaban J connectivity index is 2.35. The summed E-state index contributed by atoms with van der Waals surface area (Å²) in [6, 6.07) is 7.39. The summed E-state index contributed by atoms with van der Waals surface area (Å²) in [5.41, 5.74) is 0.459. The van der Waals surface area contributed by atoms with Gasteiger partial charge < -0.3 is 4.74 Å². The van der Waals surface area contributed by atoms with Crippen LogP contribution < -0.4 is 4.72 Å². The second kappa shape index (κ2) is 7.90. The molecule has 0 amide bonds. The molecule has 134 valence electrons. The molecule has 0 heterocycles. The van der Waals surface area contributed by atoms with Gasteiger partial charge in [-0.3, -0.25) is 4.79 Å². The maximum absolute atomic E-state index is 13.3. The first-order valence-electron chi connectivity index (χ1n) is 7.02. The molecule has 5 nitrogen and oxygen atoms in total. The van der Waals surface area contributed by atoms with Gasteiger partial charge in [0.05, 0.1) is 24.5 Å². The fourth-order valence-corrected chi connectivity index (χ4v) is 3.43. The molecule has 0 aliphatic carbocycles. The van der Waals surface area contributed by atoms with E-state index >= 15 is 0 Å². The summed E-state index contributed by atoms with van der Waals surface area (Å²) in [5.74, 6) is -3.10. The number of esters is 1. The number of ether oxygens (including phenoxy) is 1. The van der Waals surface area contributed by atoms with Crippen molar-refractivity contribution in [1.82, 2.24) is 4.72 Å². The SMILES string of the molecule is COC(=O)C[C@@H](NS(=O)(=O)c1ccc(F)c(F)c1)c1ccc(Cl)cc1. The highest BCUT2D eigenvalue weighted by molar-refractivity contribution is 7.89. The van der Waals surface area contributed by atoms with Crippen LogP contribution in [0, 0.1) is 11.6 Å². The number of nitrogens with one attached hydrogen (secondary N) is 1. The van der Waals surface area contributed by atoms with Crippen molar-refractivity contribution in [1.29, 1.82) is 0 Å². The van der Waals surface area contributed by atoms with Gasteiger partial charge in [-0.2, -0.15) is 0 Å². The van der Waals surface area contributed by atoms with Crippen LogP contribution in [0.25, 0.3) is 0 Å². The second-order valence-electron chi connectivity index (χ2n) is 5.08. The molecule has 0 fully saturated rings. The van der Waals surface area contributed by atoms with E-state index in [1.165, 1.54) is 19.2 Å². The minimum absolute atomic E-state index is 0.291. The summed E-state index contributed by atoms with van der Waals surface area (Å²) in [5, 5.41) is 0.434. The molecule has 0 bridgehead atoms. The Hall–Kier alpha value is -2.03. The van der Waals surface area contributed by atoms with E-state index in [4.69, 9.17) is 11.6 Å². The quantitative estimate of drug-likeness (QED) is 0.770. The van der Waals surface area contributed by atoms with Gasteiger partial charge in [0.15, 0.2) is 11.6 Å². The number of sulfonamides is 1. The smallest absolute Gasteiger partial charge is 0.307 e. The van der Waals surface area contributed by atoms with E-state index in [1.54, 1.807) is 12.1 Å². The zero-order valence-electron chi connectivity index (χ0n) is 13.0. The van der Waals surface area contributed by atoms with Crippen molar-refractivity contribution in [3.8, 4) is 0 Å². The predicted molar refractivity (Wildman–Crippen MR) is 87.5 cm³/mol. The van der Waals surface area contributed by atoms with E-state index in [0.717, 1.165) is 6.07 Å². The number of hydrogen-bond acceptors (Lipinski definition) is 4. The molecular formula is C16H14ClF2NO4S. The largest absolute Gasteiger partial charge is 0.469 e. The minimum Gasteiger partial charge on any atom is -0.469 e. The molecule has 0 aliphatic heterocycles. The van der Waals surface area contributed by atoms with Gasteiger partial charge in [-0.05, 0) is 35.9 Å². The zero-order chi connectivity index (χ0) is 18.6. The van der Waals surface area contributed by atoms with Crippen LogP contribution >= 0.6 is 11.6 Å². The van der Waals surface area contributed by atoms with E-state index in [1.807, 2.05) is 0 Å². The molecule has 1 atom stereocenters. The summed E-state index contributed by atoms with van der Waals surface area (Å²) < 4.78 is 58.1. The highest BCUT2D eigenvalue weighted by Gasteiger charge is 2.25. The lowest BCUT2D eigenvalue weighted by Gasteiger charge is -2.18. The number of methoxy groups -OCH3 is 1. The Bertz CT molecular complexity index is 872. The van der Waals surface area contributed by atoms with Crippen LogP contribution in [0.5, 0.6) is 0 Å². The van der Waals surface area contributed by atoms with Crippen LogP contribution in [0.1, 0.15) is 18.0 Å². The molecule has 0 spiro atoms. The second-order valence-corrected chi connectivity index (χ2v) is 7.23. The third-order valence-corrected chi connectivity index (χ3v) is 5.09. The molecule has 0 aromatic heterocycles. The van der Waals surface area contributed by atoms with Gasteiger partial charge in [0.2, 0.25) is 10.0 Å². The Morgan fingerprint density at radius 2 is 1.80 bits per heavy atom. The number of carbonyl (C=O) groups excluding carboxylic acids is 1. The van der Waals surface area contributed by atoms with Crippen LogP contribution in [-0.4, -0.2) is 21.5 Å². The van der Waals surface area contributed by atoms with Crippen molar-refractivity contribution in [3.63, 3.8) is 0 Å². The van der Waals surface area contributed by atoms with Gasteiger partial charge in [0.25, 0.3) is 0 Å². The predicted octanol–water partition coefficient (Wildman–Crippen LogP) is 3.20. The Morgan fingerprint density at radius 3 is 2.36 bits per heavy atom. The minimum atomic E-state index is -4.21. The first-order valence-corrected chi connectivity index (χ1v) is 8.88. The summed E-state index contributed by atoms with van der Waals surface area (Å²) in [6.07, 6.45) is -0.291. The van der Waals surface area contributed by atoms with Crippen molar-refractivity contribution in [2.75, 3.05) is 7.11 Å². The summed E-state index contributed by atoms with van der Waals surface area (Å²) >= 11 is 5.80. The molecule has 0 aliphatic rings. The van der Waals surface area contributed by atoms with Crippen molar-refractivity contribution in [2.24, 2.45) is 0 Å². The van der Waals surface area contributed by atoms with Crippen LogP contribution in [0.3, 0.4) is 0 Å². The molecule has 25 heavy (non-hydrogen) atoms. The number of rotatable bonds is 6. The molecular weight excluding hydrogens is 376 g/mol. The first kappa shape index (κ1) is 19.3. The topological polar surface area (TPSA) is 72.5 Å². The summed E-state index contributed by atoms with van der Waals surface area (Å²) in [7, 11) is -3.04. The van der Waals surface area contributed by atoms with Gasteiger partial charge >= 0.3 is 5.97 Å². The average molecular weight is 390 g/mol. The number of benzene rings is 2. The molecule has 0 saturated carbocycles. The van der Waals surface area contributed by atoms with Crippen molar-refractivity contribution in [2.45, 2.75) is 17.4 Å².